The van der Waals surface area contributed by atoms with Gasteiger partial charge in [0.1, 0.15) is 6.54 Å². The van der Waals surface area contributed by atoms with Crippen LogP contribution in [0.3, 0.4) is 0 Å². The van der Waals surface area contributed by atoms with E-state index in [1.807, 2.05) is 12.1 Å². The van der Waals surface area contributed by atoms with Crippen LogP contribution in [-0.4, -0.2) is 35.2 Å². The van der Waals surface area contributed by atoms with E-state index in [0.29, 0.717) is 22.5 Å². The van der Waals surface area contributed by atoms with Gasteiger partial charge in [0, 0.05) is 22.9 Å². The zero-order valence-electron chi connectivity index (χ0n) is 14.7. The molecule has 0 aromatic heterocycles. The van der Waals surface area contributed by atoms with Crippen molar-refractivity contribution in [3.63, 3.8) is 0 Å². The normalized spacial score (nSPS) is 15.5. The highest BCUT2D eigenvalue weighted by molar-refractivity contribution is 6.11. The number of rotatable bonds is 5. The first-order chi connectivity index (χ1) is 13.0. The molecule has 3 amide bonds. The molecule has 2 N–H and O–H groups in total. The Labute approximate surface area is 156 Å². The molecule has 6 heteroatoms. The Kier molecular flexibility index (Phi) is 4.24. The van der Waals surface area contributed by atoms with Gasteiger partial charge >= 0.3 is 0 Å². The van der Waals surface area contributed by atoms with Crippen molar-refractivity contribution in [3.8, 4) is 0 Å². The summed E-state index contributed by atoms with van der Waals surface area (Å²) in [6.45, 7) is 3.77. The van der Waals surface area contributed by atoms with Crippen molar-refractivity contribution in [2.75, 3.05) is 11.9 Å². The van der Waals surface area contributed by atoms with Gasteiger partial charge in [-0.2, -0.15) is 0 Å². The molecule has 2 aromatic carbocycles. The van der Waals surface area contributed by atoms with Crippen molar-refractivity contribution in [2.45, 2.75) is 18.9 Å². The third-order valence-electron chi connectivity index (χ3n) is 4.70. The van der Waals surface area contributed by atoms with E-state index in [0.717, 1.165) is 18.4 Å². The molecule has 6 nitrogen and oxygen atoms in total. The fourth-order valence-corrected chi connectivity index (χ4v) is 3.12. The van der Waals surface area contributed by atoms with Gasteiger partial charge < -0.3 is 10.6 Å². The third kappa shape index (κ3) is 3.33. The lowest BCUT2D eigenvalue weighted by molar-refractivity contribution is -0.116. The molecular formula is C21H19N3O3. The van der Waals surface area contributed by atoms with Crippen LogP contribution < -0.4 is 10.6 Å². The van der Waals surface area contributed by atoms with Crippen molar-refractivity contribution in [1.29, 1.82) is 0 Å². The molecule has 0 bridgehead atoms. The molecule has 0 unspecified atom stereocenters. The molecule has 4 rings (SSSR count). The monoisotopic (exact) mass is 361 g/mol. The van der Waals surface area contributed by atoms with Crippen LogP contribution in [0, 0.1) is 0 Å². The largest absolute Gasteiger partial charge is 0.349 e. The maximum absolute atomic E-state index is 12.5. The number of carbonyl (C=O) groups excluding carboxylic acids is 3. The molecule has 1 fully saturated rings. The third-order valence-corrected chi connectivity index (χ3v) is 4.70. The van der Waals surface area contributed by atoms with Crippen molar-refractivity contribution in [3.05, 3.63) is 71.8 Å². The topological polar surface area (TPSA) is 78.5 Å². The molecule has 2 aliphatic rings. The van der Waals surface area contributed by atoms with Crippen LogP contribution in [0.15, 0.2) is 55.1 Å². The number of hydrogen-bond acceptors (Lipinski definition) is 3. The summed E-state index contributed by atoms with van der Waals surface area (Å²) in [5, 5.41) is 5.66. The molecule has 0 radical (unpaired) electrons. The molecule has 2 aromatic rings. The molecule has 0 spiro atoms. The second kappa shape index (κ2) is 6.72. The predicted molar refractivity (Wildman–Crippen MR) is 102 cm³/mol. The number of carbonyl (C=O) groups is 3. The summed E-state index contributed by atoms with van der Waals surface area (Å²) in [6.07, 6.45) is 1.97. The summed E-state index contributed by atoms with van der Waals surface area (Å²) in [7, 11) is 0. The minimum absolute atomic E-state index is 0.162. The lowest BCUT2D eigenvalue weighted by Gasteiger charge is -2.18. The van der Waals surface area contributed by atoms with Crippen LogP contribution in [0.4, 0.5) is 5.69 Å². The fraction of sp³-hybridized carbons (Fsp3) is 0.190. The number of nitrogens with zero attached hydrogens (tertiary/aromatic N) is 1. The van der Waals surface area contributed by atoms with Gasteiger partial charge in [0.15, 0.2) is 0 Å². The Morgan fingerprint density at radius 2 is 1.70 bits per heavy atom. The number of benzene rings is 2. The zero-order chi connectivity index (χ0) is 19.0. The minimum Gasteiger partial charge on any atom is -0.349 e. The van der Waals surface area contributed by atoms with E-state index in [1.54, 1.807) is 36.4 Å². The van der Waals surface area contributed by atoms with Gasteiger partial charge in [-0.05, 0) is 31.0 Å². The second-order valence-corrected chi connectivity index (χ2v) is 6.73. The summed E-state index contributed by atoms with van der Waals surface area (Å²) in [4.78, 5) is 38.8. The van der Waals surface area contributed by atoms with E-state index in [4.69, 9.17) is 0 Å². The molecule has 0 saturated heterocycles. The van der Waals surface area contributed by atoms with Crippen molar-refractivity contribution < 1.29 is 14.4 Å². The minimum atomic E-state index is -0.385. The van der Waals surface area contributed by atoms with Crippen LogP contribution >= 0.6 is 0 Å². The number of para-hydroxylation sites is 1. The Balaban J connectivity index is 1.47. The molecule has 1 heterocycles. The Morgan fingerprint density at radius 3 is 2.41 bits per heavy atom. The summed E-state index contributed by atoms with van der Waals surface area (Å²) in [5.41, 5.74) is 2.62. The van der Waals surface area contributed by atoms with Gasteiger partial charge in [-0.1, -0.05) is 36.9 Å². The average Bonchev–Trinajstić information content (AvgIpc) is 3.45. The van der Waals surface area contributed by atoms with E-state index in [1.165, 1.54) is 4.90 Å². The molecule has 136 valence electrons. The highest BCUT2D eigenvalue weighted by atomic mass is 16.2. The number of hydrogen-bond donors (Lipinski definition) is 2. The van der Waals surface area contributed by atoms with E-state index in [-0.39, 0.29) is 30.3 Å². The van der Waals surface area contributed by atoms with Gasteiger partial charge in [-0.15, -0.1) is 0 Å². The van der Waals surface area contributed by atoms with Crippen LogP contribution in [0.5, 0.6) is 0 Å². The Morgan fingerprint density at radius 1 is 1.04 bits per heavy atom. The van der Waals surface area contributed by atoms with Crippen LogP contribution in [0.25, 0.3) is 5.70 Å². The smallest absolute Gasteiger partial charge is 0.259 e. The quantitative estimate of drug-likeness (QED) is 0.859. The predicted octanol–water partition coefficient (Wildman–Crippen LogP) is 2.64. The van der Waals surface area contributed by atoms with Gasteiger partial charge in [-0.3, -0.25) is 19.3 Å². The standard InChI is InChI=1S/C21H19N3O3/c1-13-15-6-2-3-7-16(15)21(27)24(13)12-19(25)23-18-9-5-4-8-17(18)20(26)22-14-10-11-14/h2-9,14H,1,10-12H2,(H,22,26)(H,23,25). The average molecular weight is 361 g/mol. The van der Waals surface area contributed by atoms with Gasteiger partial charge in [0.25, 0.3) is 11.8 Å². The van der Waals surface area contributed by atoms with Gasteiger partial charge in [-0.25, -0.2) is 0 Å². The van der Waals surface area contributed by atoms with E-state index >= 15 is 0 Å². The first-order valence-corrected chi connectivity index (χ1v) is 8.84. The lowest BCUT2D eigenvalue weighted by atomic mass is 10.1. The summed E-state index contributed by atoms with van der Waals surface area (Å²) in [6, 6.07) is 14.2. The molecule has 27 heavy (non-hydrogen) atoms. The molecule has 1 aliphatic heterocycles. The maximum Gasteiger partial charge on any atom is 0.259 e. The maximum atomic E-state index is 12.5. The van der Waals surface area contributed by atoms with Crippen LogP contribution in [0.2, 0.25) is 0 Å². The molecule has 0 atom stereocenters. The SMILES string of the molecule is C=C1c2ccccc2C(=O)N1CC(=O)Nc1ccccc1C(=O)NC1CC1. The Bertz CT molecular complexity index is 928. The van der Waals surface area contributed by atoms with Gasteiger partial charge in [0.2, 0.25) is 5.91 Å². The fourth-order valence-electron chi connectivity index (χ4n) is 3.12. The number of amides is 3. The number of fused-ring (bicyclic) bond motifs is 1. The van der Waals surface area contributed by atoms with Crippen molar-refractivity contribution in [1.82, 2.24) is 10.2 Å². The van der Waals surface area contributed by atoms with E-state index < -0.39 is 0 Å². The highest BCUT2D eigenvalue weighted by Gasteiger charge is 2.32. The summed E-state index contributed by atoms with van der Waals surface area (Å²) >= 11 is 0. The van der Waals surface area contributed by atoms with Crippen molar-refractivity contribution >= 4 is 29.1 Å². The van der Waals surface area contributed by atoms with E-state index in [2.05, 4.69) is 17.2 Å². The second-order valence-electron chi connectivity index (χ2n) is 6.73. The Hall–Kier alpha value is -3.41. The summed E-state index contributed by atoms with van der Waals surface area (Å²) < 4.78 is 0. The molecule has 1 saturated carbocycles. The first kappa shape index (κ1) is 17.0. The number of nitrogens with one attached hydrogen (secondary N) is 2. The zero-order valence-corrected chi connectivity index (χ0v) is 14.7. The van der Waals surface area contributed by atoms with E-state index in [9.17, 15) is 14.4 Å². The van der Waals surface area contributed by atoms with Crippen LogP contribution in [-0.2, 0) is 4.79 Å². The van der Waals surface area contributed by atoms with Crippen molar-refractivity contribution in [2.24, 2.45) is 0 Å². The molecular weight excluding hydrogens is 342 g/mol. The molecule has 1 aliphatic carbocycles. The first-order valence-electron chi connectivity index (χ1n) is 8.84. The van der Waals surface area contributed by atoms with Crippen LogP contribution in [0.1, 0.15) is 39.1 Å². The lowest BCUT2D eigenvalue weighted by Crippen LogP contribution is -2.33. The summed E-state index contributed by atoms with van der Waals surface area (Å²) in [5.74, 6) is -0.836. The number of anilines is 1. The highest BCUT2D eigenvalue weighted by Crippen LogP contribution is 2.31. The van der Waals surface area contributed by atoms with Gasteiger partial charge in [0.05, 0.1) is 11.3 Å².